The second-order valence-corrected chi connectivity index (χ2v) is 11.3. The molecular formula is C31H30ClF3N4O4. The molecule has 1 fully saturated rings. The summed E-state index contributed by atoms with van der Waals surface area (Å²) in [6.07, 6.45) is 1.80. The van der Waals surface area contributed by atoms with Gasteiger partial charge in [-0.3, -0.25) is 4.90 Å². The van der Waals surface area contributed by atoms with E-state index in [1.165, 1.54) is 17.7 Å². The molecule has 1 aromatic heterocycles. The van der Waals surface area contributed by atoms with Crippen molar-refractivity contribution in [1.82, 2.24) is 14.5 Å². The molecule has 0 radical (unpaired) electrons. The number of benzene rings is 3. The molecule has 1 N–H and O–H groups in total. The molecule has 43 heavy (non-hydrogen) atoms. The monoisotopic (exact) mass is 614 g/mol. The number of fused-ring (bicyclic) bond motifs is 2. The molecule has 6 rings (SSSR count). The first kappa shape index (κ1) is 29.1. The van der Waals surface area contributed by atoms with Crippen LogP contribution in [0.15, 0.2) is 48.5 Å². The van der Waals surface area contributed by atoms with Crippen molar-refractivity contribution in [2.75, 3.05) is 31.1 Å². The normalized spacial score (nSPS) is 16.0. The molecule has 0 aliphatic carbocycles. The highest BCUT2D eigenvalue weighted by molar-refractivity contribution is 6.30. The highest BCUT2D eigenvalue weighted by Crippen LogP contribution is 2.38. The fraction of sp³-hybridized carbons (Fsp3) is 0.355. The number of aromatic nitrogens is 2. The summed E-state index contributed by atoms with van der Waals surface area (Å²) in [6.45, 7) is 0.550. The van der Waals surface area contributed by atoms with Crippen LogP contribution in [0.1, 0.15) is 46.1 Å². The van der Waals surface area contributed by atoms with Crippen molar-refractivity contribution < 1.29 is 32.5 Å². The van der Waals surface area contributed by atoms with E-state index in [0.29, 0.717) is 54.1 Å². The summed E-state index contributed by atoms with van der Waals surface area (Å²) in [6, 6.07) is 13.5. The maximum atomic E-state index is 14.5. The summed E-state index contributed by atoms with van der Waals surface area (Å²) in [5, 5.41) is 9.80. The highest BCUT2D eigenvalue weighted by atomic mass is 35.5. The van der Waals surface area contributed by atoms with Gasteiger partial charge in [-0.2, -0.15) is 8.78 Å². The Balaban J connectivity index is 1.16. The minimum Gasteiger partial charge on any atom is -0.490 e. The summed E-state index contributed by atoms with van der Waals surface area (Å²) in [5.41, 5.74) is 3.19. The van der Waals surface area contributed by atoms with Crippen LogP contribution in [0.3, 0.4) is 0 Å². The SMILES string of the molecule is Cn1c(CN2CCC(c3ccc4c(c3)N(Cc3ccc(Cl)cc3F)CCO4)CC2)nc2c(OC(F)F)cc(C(=O)O)cc21. The summed E-state index contributed by atoms with van der Waals surface area (Å²) in [7, 11) is 1.74. The van der Waals surface area contributed by atoms with Crippen LogP contribution in [0.2, 0.25) is 5.02 Å². The summed E-state index contributed by atoms with van der Waals surface area (Å²) >= 11 is 5.94. The number of likely N-dealkylation sites (tertiary alicyclic amines) is 1. The fourth-order valence-electron chi connectivity index (χ4n) is 5.94. The number of alkyl halides is 2. The number of carboxylic acids is 1. The molecule has 226 valence electrons. The lowest BCUT2D eigenvalue weighted by molar-refractivity contribution is -0.0489. The van der Waals surface area contributed by atoms with Gasteiger partial charge in [-0.15, -0.1) is 0 Å². The summed E-state index contributed by atoms with van der Waals surface area (Å²) in [4.78, 5) is 20.5. The molecule has 3 heterocycles. The number of nitrogens with zero attached hydrogens (tertiary/aromatic N) is 4. The Morgan fingerprint density at radius 1 is 1.12 bits per heavy atom. The maximum absolute atomic E-state index is 14.5. The minimum absolute atomic E-state index is 0.147. The van der Waals surface area contributed by atoms with E-state index in [1.807, 2.05) is 6.07 Å². The molecule has 3 aromatic carbocycles. The van der Waals surface area contributed by atoms with Crippen LogP contribution in [0.25, 0.3) is 11.0 Å². The molecule has 0 atom stereocenters. The zero-order valence-electron chi connectivity index (χ0n) is 23.4. The average molecular weight is 615 g/mol. The third-order valence-electron chi connectivity index (χ3n) is 8.25. The predicted octanol–water partition coefficient (Wildman–Crippen LogP) is 6.44. The zero-order valence-corrected chi connectivity index (χ0v) is 24.2. The van der Waals surface area contributed by atoms with Crippen LogP contribution in [0, 0.1) is 5.82 Å². The van der Waals surface area contributed by atoms with Crippen LogP contribution in [-0.4, -0.2) is 58.4 Å². The predicted molar refractivity (Wildman–Crippen MR) is 156 cm³/mol. The Hall–Kier alpha value is -3.96. The van der Waals surface area contributed by atoms with Gasteiger partial charge in [0.1, 0.15) is 29.5 Å². The summed E-state index contributed by atoms with van der Waals surface area (Å²) in [5.74, 6) is -0.0856. The number of rotatable bonds is 8. The number of ether oxygens (including phenoxy) is 2. The number of hydrogen-bond donors (Lipinski definition) is 1. The number of hydrogen-bond acceptors (Lipinski definition) is 6. The number of carboxylic acid groups (broad SMARTS) is 1. The van der Waals surface area contributed by atoms with Crippen LogP contribution >= 0.6 is 11.6 Å². The molecule has 2 aliphatic heterocycles. The topological polar surface area (TPSA) is 80.1 Å². The molecule has 0 unspecified atom stereocenters. The average Bonchev–Trinajstić information content (AvgIpc) is 3.29. The van der Waals surface area contributed by atoms with Gasteiger partial charge in [-0.05, 0) is 73.8 Å². The number of piperidine rings is 1. The third kappa shape index (κ3) is 6.09. The van der Waals surface area contributed by atoms with Crippen LogP contribution < -0.4 is 14.4 Å². The molecule has 0 bridgehead atoms. The van der Waals surface area contributed by atoms with Crippen molar-refractivity contribution in [3.8, 4) is 11.5 Å². The smallest absolute Gasteiger partial charge is 0.387 e. The van der Waals surface area contributed by atoms with E-state index >= 15 is 0 Å². The first-order chi connectivity index (χ1) is 20.7. The van der Waals surface area contributed by atoms with Crippen molar-refractivity contribution in [2.45, 2.75) is 38.5 Å². The Labute approximate surface area is 251 Å². The van der Waals surface area contributed by atoms with E-state index in [0.717, 1.165) is 43.4 Å². The largest absolute Gasteiger partial charge is 0.490 e. The maximum Gasteiger partial charge on any atom is 0.387 e. The summed E-state index contributed by atoms with van der Waals surface area (Å²) < 4.78 is 52.8. The number of halogens is 4. The van der Waals surface area contributed by atoms with Gasteiger partial charge in [0.25, 0.3) is 0 Å². The molecule has 4 aromatic rings. The number of aromatic carboxylic acids is 1. The Morgan fingerprint density at radius 2 is 1.91 bits per heavy atom. The van der Waals surface area contributed by atoms with E-state index in [-0.39, 0.29) is 22.6 Å². The molecule has 0 amide bonds. The van der Waals surface area contributed by atoms with E-state index in [9.17, 15) is 23.1 Å². The number of imidazole rings is 1. The molecule has 12 heteroatoms. The van der Waals surface area contributed by atoms with Crippen LogP contribution in [0.5, 0.6) is 11.5 Å². The van der Waals surface area contributed by atoms with Gasteiger partial charge in [-0.1, -0.05) is 23.7 Å². The van der Waals surface area contributed by atoms with Gasteiger partial charge >= 0.3 is 12.6 Å². The van der Waals surface area contributed by atoms with Crippen molar-refractivity contribution >= 4 is 34.3 Å². The number of aryl methyl sites for hydroxylation is 1. The fourth-order valence-corrected chi connectivity index (χ4v) is 6.10. The lowest BCUT2D eigenvalue weighted by Gasteiger charge is -2.34. The van der Waals surface area contributed by atoms with E-state index < -0.39 is 12.6 Å². The minimum atomic E-state index is -3.10. The van der Waals surface area contributed by atoms with Gasteiger partial charge in [-0.25, -0.2) is 14.2 Å². The van der Waals surface area contributed by atoms with Gasteiger partial charge in [0.15, 0.2) is 5.75 Å². The van der Waals surface area contributed by atoms with Crippen molar-refractivity contribution in [3.63, 3.8) is 0 Å². The van der Waals surface area contributed by atoms with E-state index in [4.69, 9.17) is 16.3 Å². The Morgan fingerprint density at radius 3 is 2.63 bits per heavy atom. The van der Waals surface area contributed by atoms with Gasteiger partial charge in [0, 0.05) is 24.2 Å². The molecule has 0 saturated carbocycles. The van der Waals surface area contributed by atoms with E-state index in [1.54, 1.807) is 23.7 Å². The molecule has 2 aliphatic rings. The van der Waals surface area contributed by atoms with Crippen LogP contribution in [0.4, 0.5) is 18.9 Å². The van der Waals surface area contributed by atoms with E-state index in [2.05, 4.69) is 31.7 Å². The first-order valence-electron chi connectivity index (χ1n) is 14.0. The van der Waals surface area contributed by atoms with Crippen LogP contribution in [-0.2, 0) is 20.1 Å². The number of anilines is 1. The lowest BCUT2D eigenvalue weighted by Crippen LogP contribution is -2.34. The van der Waals surface area contributed by atoms with Crippen molar-refractivity contribution in [1.29, 1.82) is 0 Å². The standard InChI is InChI=1S/C31H30ClF3N4O4/c1-37-25-13-21(30(40)41)14-27(43-31(34)35)29(25)36-28(37)17-38-8-6-18(7-9-38)19-3-5-26-24(12-19)39(10-11-42-26)16-20-2-4-22(32)15-23(20)33/h2-5,12-15,18,31H,6-11,16-17H2,1H3,(H,40,41). The van der Waals surface area contributed by atoms with Crippen molar-refractivity contribution in [3.05, 3.63) is 81.9 Å². The molecule has 1 saturated heterocycles. The Kier molecular flexibility index (Phi) is 8.11. The highest BCUT2D eigenvalue weighted by Gasteiger charge is 2.26. The lowest BCUT2D eigenvalue weighted by atomic mass is 9.89. The second-order valence-electron chi connectivity index (χ2n) is 10.9. The number of carbonyl (C=O) groups is 1. The van der Waals surface area contributed by atoms with Crippen molar-refractivity contribution in [2.24, 2.45) is 7.05 Å². The molecular weight excluding hydrogens is 585 g/mol. The van der Waals surface area contributed by atoms with Gasteiger partial charge in [0.05, 0.1) is 29.9 Å². The van der Waals surface area contributed by atoms with Gasteiger partial charge in [0.2, 0.25) is 0 Å². The molecule has 8 nitrogen and oxygen atoms in total. The Bertz CT molecular complexity index is 1670. The second kappa shape index (κ2) is 12.0. The first-order valence-corrected chi connectivity index (χ1v) is 14.4. The third-order valence-corrected chi connectivity index (χ3v) is 8.49. The van der Waals surface area contributed by atoms with Gasteiger partial charge < -0.3 is 24.0 Å². The molecule has 0 spiro atoms. The zero-order chi connectivity index (χ0) is 30.2. The quantitative estimate of drug-likeness (QED) is 0.245.